The van der Waals surface area contributed by atoms with Gasteiger partial charge in [0.25, 0.3) is 0 Å². The van der Waals surface area contributed by atoms with E-state index in [-0.39, 0.29) is 0 Å². The van der Waals surface area contributed by atoms with Crippen molar-refractivity contribution in [3.8, 4) is 23.3 Å². The van der Waals surface area contributed by atoms with E-state index in [1.165, 1.54) is 0 Å². The molecule has 1 heterocycles. The van der Waals surface area contributed by atoms with E-state index in [4.69, 9.17) is 4.42 Å². The Labute approximate surface area is 103 Å². The predicted octanol–water partition coefficient (Wildman–Crippen LogP) is 3.67. The molecule has 0 spiro atoms. The molecule has 2 rings (SSSR count). The molecule has 1 aromatic heterocycles. The molecule has 17 heavy (non-hydrogen) atoms. The van der Waals surface area contributed by atoms with Crippen molar-refractivity contribution in [3.63, 3.8) is 0 Å². The molecule has 0 N–H and O–H groups in total. The molecule has 0 bridgehead atoms. The van der Waals surface area contributed by atoms with Gasteiger partial charge < -0.3 is 4.42 Å². The predicted molar refractivity (Wildman–Crippen MR) is 74.2 cm³/mol. The highest BCUT2D eigenvalue weighted by atomic mass is 28.3. The van der Waals surface area contributed by atoms with Crippen LogP contribution in [-0.2, 0) is 0 Å². The van der Waals surface area contributed by atoms with Gasteiger partial charge in [0, 0.05) is 11.5 Å². The number of benzene rings is 1. The fraction of sp³-hybridized carbons (Fsp3) is 0.200. The first-order chi connectivity index (χ1) is 8.04. The van der Waals surface area contributed by atoms with Crippen LogP contribution in [-0.4, -0.2) is 8.07 Å². The van der Waals surface area contributed by atoms with Gasteiger partial charge in [0.05, 0.1) is 0 Å². The summed E-state index contributed by atoms with van der Waals surface area (Å²) in [6.45, 7) is 6.59. The van der Waals surface area contributed by atoms with Crippen LogP contribution in [0.2, 0.25) is 19.6 Å². The minimum atomic E-state index is -1.32. The monoisotopic (exact) mass is 238 g/mol. The van der Waals surface area contributed by atoms with Crippen LogP contribution in [0.3, 0.4) is 0 Å². The lowest BCUT2D eigenvalue weighted by Gasteiger charge is -2.01. The number of fused-ring (bicyclic) bond motifs is 1. The Morgan fingerprint density at radius 3 is 2.53 bits per heavy atom. The molecule has 0 radical (unpaired) electrons. The molecule has 0 aliphatic heterocycles. The molecule has 0 saturated carbocycles. The third-order valence-electron chi connectivity index (χ3n) is 2.11. The van der Waals surface area contributed by atoms with Crippen LogP contribution in [0.5, 0.6) is 0 Å². The van der Waals surface area contributed by atoms with Crippen molar-refractivity contribution in [2.45, 2.75) is 19.6 Å². The third-order valence-corrected chi connectivity index (χ3v) is 2.99. The maximum absolute atomic E-state index is 5.57. The number of rotatable bonds is 0. The van der Waals surface area contributed by atoms with Crippen molar-refractivity contribution in [2.75, 3.05) is 0 Å². The van der Waals surface area contributed by atoms with E-state index < -0.39 is 8.07 Å². The number of hydrogen-bond donors (Lipinski definition) is 0. The number of hydrogen-bond acceptors (Lipinski definition) is 1. The van der Waals surface area contributed by atoms with Crippen LogP contribution in [0.15, 0.2) is 34.7 Å². The van der Waals surface area contributed by atoms with Crippen molar-refractivity contribution in [1.82, 2.24) is 0 Å². The van der Waals surface area contributed by atoms with Crippen molar-refractivity contribution >= 4 is 19.0 Å². The Hall–Kier alpha value is -1.90. The fourth-order valence-electron chi connectivity index (χ4n) is 1.36. The van der Waals surface area contributed by atoms with E-state index in [0.717, 1.165) is 11.0 Å². The van der Waals surface area contributed by atoms with Crippen molar-refractivity contribution in [2.24, 2.45) is 0 Å². The number of furan rings is 1. The highest BCUT2D eigenvalue weighted by Crippen LogP contribution is 2.17. The number of para-hydroxylation sites is 1. The summed E-state index contributed by atoms with van der Waals surface area (Å²) in [7, 11) is -1.32. The first kappa shape index (κ1) is 11.6. The standard InChI is InChI=1S/C15H14OSi/c1-17(2,3)11-7-6-9-14-12-13-8-4-5-10-15(13)16-14/h4-5,8,10,12H,1-3H3. The zero-order valence-electron chi connectivity index (χ0n) is 10.3. The molecule has 2 aromatic rings. The molecule has 0 fully saturated rings. The average molecular weight is 238 g/mol. The second-order valence-corrected chi connectivity index (χ2v) is 9.65. The largest absolute Gasteiger partial charge is 0.448 e. The molecule has 0 atom stereocenters. The second-order valence-electron chi connectivity index (χ2n) is 4.90. The van der Waals surface area contributed by atoms with Gasteiger partial charge in [-0.15, -0.1) is 5.54 Å². The Morgan fingerprint density at radius 1 is 1.06 bits per heavy atom. The Kier molecular flexibility index (Phi) is 3.09. The van der Waals surface area contributed by atoms with Crippen LogP contribution in [0, 0.1) is 23.3 Å². The lowest BCUT2D eigenvalue weighted by atomic mass is 10.2. The van der Waals surface area contributed by atoms with Crippen LogP contribution in [0.25, 0.3) is 11.0 Å². The van der Waals surface area contributed by atoms with Gasteiger partial charge in [0.1, 0.15) is 13.7 Å². The topological polar surface area (TPSA) is 13.1 Å². The summed E-state index contributed by atoms with van der Waals surface area (Å²) in [5.41, 5.74) is 4.07. The molecule has 0 aliphatic rings. The van der Waals surface area contributed by atoms with E-state index in [0.29, 0.717) is 5.76 Å². The SMILES string of the molecule is C[Si](C)(C)C#CC#Cc1cc2ccccc2o1. The highest BCUT2D eigenvalue weighted by molar-refractivity contribution is 6.83. The normalized spacial score (nSPS) is 10.3. The lowest BCUT2D eigenvalue weighted by Crippen LogP contribution is -2.16. The third kappa shape index (κ3) is 3.28. The lowest BCUT2D eigenvalue weighted by molar-refractivity contribution is 0.601. The zero-order valence-corrected chi connectivity index (χ0v) is 11.3. The molecule has 1 aromatic carbocycles. The van der Waals surface area contributed by atoms with Gasteiger partial charge in [0.2, 0.25) is 0 Å². The molecule has 84 valence electrons. The molecule has 0 unspecified atom stereocenters. The fourth-order valence-corrected chi connectivity index (χ4v) is 1.79. The van der Waals surface area contributed by atoms with Crippen LogP contribution >= 0.6 is 0 Å². The molecule has 0 aliphatic carbocycles. The minimum Gasteiger partial charge on any atom is -0.448 e. The van der Waals surface area contributed by atoms with Gasteiger partial charge in [-0.3, -0.25) is 0 Å². The van der Waals surface area contributed by atoms with Crippen molar-refractivity contribution in [1.29, 1.82) is 0 Å². The van der Waals surface area contributed by atoms with Crippen molar-refractivity contribution in [3.05, 3.63) is 36.1 Å². The first-order valence-electron chi connectivity index (χ1n) is 5.56. The Morgan fingerprint density at radius 2 is 1.82 bits per heavy atom. The minimum absolute atomic E-state index is 0.677. The maximum atomic E-state index is 5.57. The molecule has 0 amide bonds. The van der Waals surface area contributed by atoms with Crippen LogP contribution in [0.4, 0.5) is 0 Å². The van der Waals surface area contributed by atoms with Gasteiger partial charge >= 0.3 is 0 Å². The van der Waals surface area contributed by atoms with Gasteiger partial charge in [0.15, 0.2) is 5.76 Å². The summed E-state index contributed by atoms with van der Waals surface area (Å²) in [6, 6.07) is 9.83. The molecule has 0 saturated heterocycles. The molecule has 1 nitrogen and oxygen atoms in total. The van der Waals surface area contributed by atoms with Crippen molar-refractivity contribution < 1.29 is 4.42 Å². The molecular formula is C15H14OSi. The zero-order chi connectivity index (χ0) is 12.3. The average Bonchev–Trinajstić information content (AvgIpc) is 2.65. The summed E-state index contributed by atoms with van der Waals surface area (Å²) in [4.78, 5) is 0. The summed E-state index contributed by atoms with van der Waals surface area (Å²) >= 11 is 0. The summed E-state index contributed by atoms with van der Waals surface area (Å²) in [5.74, 6) is 9.37. The highest BCUT2D eigenvalue weighted by Gasteiger charge is 2.06. The first-order valence-corrected chi connectivity index (χ1v) is 9.06. The Balaban J connectivity index is 2.24. The quantitative estimate of drug-likeness (QED) is 0.504. The Bertz CT molecular complexity index is 618. The van der Waals surface area contributed by atoms with E-state index in [9.17, 15) is 0 Å². The molecular weight excluding hydrogens is 224 g/mol. The van der Waals surface area contributed by atoms with Crippen LogP contribution < -0.4 is 0 Å². The summed E-state index contributed by atoms with van der Waals surface area (Å²) in [5, 5.41) is 1.08. The van der Waals surface area contributed by atoms with E-state index in [1.807, 2.05) is 30.3 Å². The van der Waals surface area contributed by atoms with E-state index >= 15 is 0 Å². The summed E-state index contributed by atoms with van der Waals surface area (Å²) in [6.07, 6.45) is 0. The summed E-state index contributed by atoms with van der Waals surface area (Å²) < 4.78 is 5.57. The maximum Gasteiger partial charge on any atom is 0.179 e. The van der Waals surface area contributed by atoms with E-state index in [2.05, 4.69) is 42.9 Å². The smallest absolute Gasteiger partial charge is 0.179 e. The van der Waals surface area contributed by atoms with Gasteiger partial charge in [-0.1, -0.05) is 37.8 Å². The van der Waals surface area contributed by atoms with Gasteiger partial charge in [-0.25, -0.2) is 0 Å². The van der Waals surface area contributed by atoms with Crippen LogP contribution in [0.1, 0.15) is 5.76 Å². The molecule has 2 heteroatoms. The van der Waals surface area contributed by atoms with E-state index in [1.54, 1.807) is 0 Å². The second kappa shape index (κ2) is 4.53. The van der Waals surface area contributed by atoms with Gasteiger partial charge in [-0.05, 0) is 23.8 Å². The van der Waals surface area contributed by atoms with Gasteiger partial charge in [-0.2, -0.15) is 0 Å².